The van der Waals surface area contributed by atoms with Crippen LogP contribution >= 0.6 is 7.82 Å². The summed E-state index contributed by atoms with van der Waals surface area (Å²) in [5, 5.41) is 19.6. The monoisotopic (exact) mass is 324 g/mol. The van der Waals surface area contributed by atoms with Crippen LogP contribution in [0, 0.1) is 0 Å². The third kappa shape index (κ3) is 3.66. The molecule has 2 rings (SSSR count). The van der Waals surface area contributed by atoms with Gasteiger partial charge >= 0.3 is 13.5 Å². The lowest BCUT2D eigenvalue weighted by Gasteiger charge is -2.14. The van der Waals surface area contributed by atoms with Gasteiger partial charge in [-0.25, -0.2) is 9.36 Å². The SMILES string of the molecule is O=c1[nH]cc(C2O[C@H](COP(=O)(O)O)[C@@H](O)[C@H]2O)c(=O)[nH]1. The zero-order chi connectivity index (χ0) is 15.8. The smallest absolute Gasteiger partial charge is 0.387 e. The molecule has 1 fully saturated rings. The molecule has 1 saturated heterocycles. The summed E-state index contributed by atoms with van der Waals surface area (Å²) in [6.07, 6.45) is -4.54. The molecule has 2 heterocycles. The number of nitrogens with one attached hydrogen (secondary N) is 2. The molecular formula is C9H13N2O9P. The third-order valence-corrected chi connectivity index (χ3v) is 3.41. The zero-order valence-electron chi connectivity index (χ0n) is 10.4. The number of aromatic amines is 2. The van der Waals surface area contributed by atoms with Crippen molar-refractivity contribution in [3.63, 3.8) is 0 Å². The molecule has 1 aromatic heterocycles. The van der Waals surface area contributed by atoms with Gasteiger partial charge in [0.25, 0.3) is 5.56 Å². The van der Waals surface area contributed by atoms with E-state index in [4.69, 9.17) is 14.5 Å². The molecule has 1 aromatic rings. The first-order valence-electron chi connectivity index (χ1n) is 5.72. The van der Waals surface area contributed by atoms with Crippen LogP contribution < -0.4 is 11.2 Å². The Balaban J connectivity index is 2.18. The van der Waals surface area contributed by atoms with Crippen LogP contribution in [0.2, 0.25) is 0 Å². The van der Waals surface area contributed by atoms with Crippen LogP contribution in [0.3, 0.4) is 0 Å². The average Bonchev–Trinajstić information content (AvgIpc) is 2.64. The van der Waals surface area contributed by atoms with Crippen LogP contribution in [0.15, 0.2) is 15.8 Å². The number of hydrogen-bond acceptors (Lipinski definition) is 7. The molecule has 0 aliphatic carbocycles. The van der Waals surface area contributed by atoms with E-state index in [-0.39, 0.29) is 5.56 Å². The van der Waals surface area contributed by atoms with Crippen molar-refractivity contribution in [2.75, 3.05) is 6.61 Å². The minimum atomic E-state index is -4.76. The molecule has 0 amide bonds. The summed E-state index contributed by atoms with van der Waals surface area (Å²) in [6, 6.07) is 0. The normalized spacial score (nSPS) is 29.7. The van der Waals surface area contributed by atoms with E-state index < -0.39 is 50.1 Å². The standard InChI is InChI=1S/C9H13N2O9P/c12-5-4(2-19-21(16,17)18)20-7(6(5)13)3-1-10-9(15)11-8(3)14/h1,4-7,12-13H,2H2,(H2,16,17,18)(H2,10,11,14,15)/t4-,5-,6-,7?/m1/s1. The first-order valence-corrected chi connectivity index (χ1v) is 7.25. The second-order valence-electron chi connectivity index (χ2n) is 4.39. The summed E-state index contributed by atoms with van der Waals surface area (Å²) in [5.41, 5.74) is -1.70. The molecule has 1 aliphatic rings. The lowest BCUT2D eigenvalue weighted by atomic mass is 10.0. The van der Waals surface area contributed by atoms with Crippen molar-refractivity contribution in [1.82, 2.24) is 9.97 Å². The van der Waals surface area contributed by atoms with E-state index in [1.165, 1.54) is 0 Å². The fraction of sp³-hybridized carbons (Fsp3) is 0.556. The van der Waals surface area contributed by atoms with Crippen molar-refractivity contribution in [1.29, 1.82) is 0 Å². The Hall–Kier alpha value is -1.33. The first kappa shape index (κ1) is 16.0. The number of aliphatic hydroxyl groups excluding tert-OH is 2. The average molecular weight is 324 g/mol. The van der Waals surface area contributed by atoms with E-state index in [1.54, 1.807) is 0 Å². The number of hydrogen-bond donors (Lipinski definition) is 6. The molecule has 21 heavy (non-hydrogen) atoms. The molecule has 0 saturated carbocycles. The predicted molar refractivity (Wildman–Crippen MR) is 65.3 cm³/mol. The minimum Gasteiger partial charge on any atom is -0.387 e. The molecule has 0 aromatic carbocycles. The van der Waals surface area contributed by atoms with Crippen molar-refractivity contribution >= 4 is 7.82 Å². The Labute approximate surface area is 116 Å². The highest BCUT2D eigenvalue weighted by atomic mass is 31.2. The molecule has 11 nitrogen and oxygen atoms in total. The highest BCUT2D eigenvalue weighted by molar-refractivity contribution is 7.46. The van der Waals surface area contributed by atoms with Gasteiger partial charge in [-0.05, 0) is 0 Å². The van der Waals surface area contributed by atoms with E-state index in [0.717, 1.165) is 6.20 Å². The van der Waals surface area contributed by atoms with E-state index in [9.17, 15) is 24.4 Å². The Kier molecular flexibility index (Phi) is 4.44. The molecule has 0 spiro atoms. The maximum absolute atomic E-state index is 11.6. The van der Waals surface area contributed by atoms with Crippen molar-refractivity contribution in [3.05, 3.63) is 32.6 Å². The number of aliphatic hydroxyl groups is 2. The number of phosphoric ester groups is 1. The van der Waals surface area contributed by atoms with Crippen LogP contribution in [-0.4, -0.2) is 54.9 Å². The van der Waals surface area contributed by atoms with Crippen LogP contribution in [-0.2, 0) is 13.8 Å². The summed E-state index contributed by atoms with van der Waals surface area (Å²) >= 11 is 0. The van der Waals surface area contributed by atoms with Crippen molar-refractivity contribution in [3.8, 4) is 0 Å². The van der Waals surface area contributed by atoms with Crippen LogP contribution in [0.5, 0.6) is 0 Å². The highest BCUT2D eigenvalue weighted by Gasteiger charge is 2.45. The van der Waals surface area contributed by atoms with Gasteiger partial charge in [-0.15, -0.1) is 0 Å². The van der Waals surface area contributed by atoms with Gasteiger partial charge in [0, 0.05) is 6.20 Å². The van der Waals surface area contributed by atoms with Gasteiger partial charge in [0.2, 0.25) is 0 Å². The number of phosphoric acid groups is 1. The van der Waals surface area contributed by atoms with E-state index in [0.29, 0.717) is 0 Å². The maximum atomic E-state index is 11.6. The topological polar surface area (TPSA) is 182 Å². The molecule has 4 atom stereocenters. The predicted octanol–water partition coefficient (Wildman–Crippen LogP) is -2.67. The van der Waals surface area contributed by atoms with Crippen LogP contribution in [0.4, 0.5) is 0 Å². The Morgan fingerprint density at radius 2 is 1.95 bits per heavy atom. The lowest BCUT2D eigenvalue weighted by Crippen LogP contribution is -2.34. The second kappa shape index (κ2) is 5.81. The fourth-order valence-corrected chi connectivity index (χ4v) is 2.29. The van der Waals surface area contributed by atoms with Gasteiger partial charge in [0.05, 0.1) is 12.2 Å². The summed E-state index contributed by atoms with van der Waals surface area (Å²) in [7, 11) is -4.76. The third-order valence-electron chi connectivity index (χ3n) is 2.92. The minimum absolute atomic E-state index is 0.139. The van der Waals surface area contributed by atoms with Gasteiger partial charge in [-0.2, -0.15) is 0 Å². The highest BCUT2D eigenvalue weighted by Crippen LogP contribution is 2.38. The fourth-order valence-electron chi connectivity index (χ4n) is 1.95. The van der Waals surface area contributed by atoms with E-state index in [2.05, 4.69) is 9.51 Å². The molecule has 0 bridgehead atoms. The largest absolute Gasteiger partial charge is 0.469 e. The molecule has 0 radical (unpaired) electrons. The molecule has 6 N–H and O–H groups in total. The Morgan fingerprint density at radius 1 is 1.29 bits per heavy atom. The van der Waals surface area contributed by atoms with Crippen LogP contribution in [0.1, 0.15) is 11.7 Å². The van der Waals surface area contributed by atoms with E-state index in [1.807, 2.05) is 4.98 Å². The number of rotatable bonds is 4. The van der Waals surface area contributed by atoms with E-state index >= 15 is 0 Å². The van der Waals surface area contributed by atoms with Crippen molar-refractivity contribution < 1.29 is 33.8 Å². The van der Waals surface area contributed by atoms with Crippen molar-refractivity contribution in [2.45, 2.75) is 24.4 Å². The Morgan fingerprint density at radius 3 is 2.52 bits per heavy atom. The lowest BCUT2D eigenvalue weighted by molar-refractivity contribution is -0.0228. The van der Waals surface area contributed by atoms with Gasteiger partial charge in [0.15, 0.2) is 0 Å². The summed E-state index contributed by atoms with van der Waals surface area (Å²) in [6.45, 7) is -0.680. The summed E-state index contributed by atoms with van der Waals surface area (Å²) < 4.78 is 20.0. The number of aromatic nitrogens is 2. The quantitative estimate of drug-likeness (QED) is 0.322. The molecular weight excluding hydrogens is 311 g/mol. The molecule has 12 heteroatoms. The van der Waals surface area contributed by atoms with Gasteiger partial charge in [-0.1, -0.05) is 0 Å². The van der Waals surface area contributed by atoms with Crippen LogP contribution in [0.25, 0.3) is 0 Å². The summed E-state index contributed by atoms with van der Waals surface area (Å²) in [4.78, 5) is 43.8. The van der Waals surface area contributed by atoms with Gasteiger partial charge in [-0.3, -0.25) is 14.3 Å². The van der Waals surface area contributed by atoms with Gasteiger partial charge < -0.3 is 29.7 Å². The zero-order valence-corrected chi connectivity index (χ0v) is 11.3. The molecule has 1 unspecified atom stereocenters. The second-order valence-corrected chi connectivity index (χ2v) is 5.63. The number of ether oxygens (including phenoxy) is 1. The summed E-state index contributed by atoms with van der Waals surface area (Å²) in [5.74, 6) is 0. The van der Waals surface area contributed by atoms with Crippen molar-refractivity contribution in [2.24, 2.45) is 0 Å². The maximum Gasteiger partial charge on any atom is 0.469 e. The molecule has 1 aliphatic heterocycles. The number of H-pyrrole nitrogens is 2. The molecule has 118 valence electrons. The first-order chi connectivity index (χ1) is 9.69. The Bertz CT molecular complexity index is 664. The van der Waals surface area contributed by atoms with Gasteiger partial charge in [0.1, 0.15) is 24.4 Å².